The van der Waals surface area contributed by atoms with E-state index in [-0.39, 0.29) is 35.3 Å². The summed E-state index contributed by atoms with van der Waals surface area (Å²) in [4.78, 5) is 57.9. The lowest BCUT2D eigenvalue weighted by Gasteiger charge is -2.08. The van der Waals surface area contributed by atoms with Gasteiger partial charge in [-0.3, -0.25) is 0 Å². The summed E-state index contributed by atoms with van der Waals surface area (Å²) < 4.78 is 9.03. The van der Waals surface area contributed by atoms with Gasteiger partial charge in [-0.2, -0.15) is 0 Å². The molecule has 2 N–H and O–H groups in total. The monoisotopic (exact) mass is 380 g/mol. The molecule has 0 bridgehead atoms. The van der Waals surface area contributed by atoms with Crippen molar-refractivity contribution in [1.82, 2.24) is 10.6 Å². The fourth-order valence-electron chi connectivity index (χ4n) is 2.91. The molecule has 4 rings (SSSR count). The second-order valence-corrected chi connectivity index (χ2v) is 6.15. The number of carbonyl (C=O) groups is 5. The Morgan fingerprint density at radius 1 is 0.643 bits per heavy atom. The first kappa shape index (κ1) is 17.4. The number of esters is 4. The van der Waals surface area contributed by atoms with Crippen molar-refractivity contribution in [2.24, 2.45) is 0 Å². The maximum Gasteiger partial charge on any atom is 0.346 e. The van der Waals surface area contributed by atoms with E-state index in [0.717, 1.165) is 0 Å². The highest BCUT2D eigenvalue weighted by atomic mass is 16.6. The molecule has 0 atom stereocenters. The van der Waals surface area contributed by atoms with Crippen LogP contribution in [0.4, 0.5) is 4.79 Å². The van der Waals surface area contributed by atoms with Crippen molar-refractivity contribution in [2.45, 2.75) is 13.1 Å². The number of hydrogen-bond acceptors (Lipinski definition) is 7. The van der Waals surface area contributed by atoms with Crippen LogP contribution in [0.5, 0.6) is 0 Å². The van der Waals surface area contributed by atoms with Crippen LogP contribution in [0.3, 0.4) is 0 Å². The molecule has 0 unspecified atom stereocenters. The molecule has 0 aliphatic carbocycles. The number of rotatable bonds is 4. The first-order chi connectivity index (χ1) is 13.4. The SMILES string of the molecule is O=C(NCc1ccc2c(c1)C(=O)OC2=O)NCc1ccc2c(c1)C(=O)OC2=O. The summed E-state index contributed by atoms with van der Waals surface area (Å²) in [5, 5.41) is 5.24. The highest BCUT2D eigenvalue weighted by Crippen LogP contribution is 2.22. The minimum absolute atomic E-state index is 0.131. The summed E-state index contributed by atoms with van der Waals surface area (Å²) in [5.41, 5.74) is 1.99. The number of cyclic esters (lactones) is 4. The highest BCUT2D eigenvalue weighted by molar-refractivity contribution is 6.15. The van der Waals surface area contributed by atoms with E-state index in [1.54, 1.807) is 12.1 Å². The zero-order valence-corrected chi connectivity index (χ0v) is 14.2. The highest BCUT2D eigenvalue weighted by Gasteiger charge is 2.30. The fourth-order valence-corrected chi connectivity index (χ4v) is 2.91. The van der Waals surface area contributed by atoms with Crippen LogP contribution in [-0.2, 0) is 22.6 Å². The molecule has 0 spiro atoms. The molecular formula is C19H12N2O7. The molecule has 28 heavy (non-hydrogen) atoms. The quantitative estimate of drug-likeness (QED) is 0.604. The first-order valence-corrected chi connectivity index (χ1v) is 8.23. The van der Waals surface area contributed by atoms with E-state index in [2.05, 4.69) is 20.1 Å². The summed E-state index contributed by atoms with van der Waals surface area (Å²) in [6.07, 6.45) is 0. The number of urea groups is 1. The van der Waals surface area contributed by atoms with E-state index in [9.17, 15) is 24.0 Å². The summed E-state index contributed by atoms with van der Waals surface area (Å²) in [5.74, 6) is -2.78. The summed E-state index contributed by atoms with van der Waals surface area (Å²) in [7, 11) is 0. The molecule has 2 aromatic carbocycles. The number of amides is 2. The van der Waals surface area contributed by atoms with Crippen molar-refractivity contribution in [1.29, 1.82) is 0 Å². The molecule has 0 radical (unpaired) electrons. The Kier molecular flexibility index (Phi) is 4.11. The second-order valence-electron chi connectivity index (χ2n) is 6.15. The Morgan fingerprint density at radius 2 is 1.04 bits per heavy atom. The molecule has 2 heterocycles. The third-order valence-corrected chi connectivity index (χ3v) is 4.32. The molecule has 0 aromatic heterocycles. The Bertz CT molecular complexity index is 990. The number of ether oxygens (including phenoxy) is 2. The Hall–Kier alpha value is -4.01. The van der Waals surface area contributed by atoms with Gasteiger partial charge in [0.1, 0.15) is 0 Å². The first-order valence-electron chi connectivity index (χ1n) is 8.23. The van der Waals surface area contributed by atoms with Gasteiger partial charge >= 0.3 is 29.9 Å². The van der Waals surface area contributed by atoms with Gasteiger partial charge in [-0.25, -0.2) is 24.0 Å². The van der Waals surface area contributed by atoms with Crippen LogP contribution in [0.15, 0.2) is 36.4 Å². The van der Waals surface area contributed by atoms with E-state index in [1.807, 2.05) is 0 Å². The molecule has 2 amide bonds. The molecule has 9 heteroatoms. The van der Waals surface area contributed by atoms with Crippen molar-refractivity contribution in [3.05, 3.63) is 69.8 Å². The van der Waals surface area contributed by atoms with Crippen molar-refractivity contribution in [3.63, 3.8) is 0 Å². The van der Waals surface area contributed by atoms with Crippen molar-refractivity contribution in [2.75, 3.05) is 0 Å². The van der Waals surface area contributed by atoms with Gasteiger partial charge in [0.05, 0.1) is 22.3 Å². The molecule has 2 aromatic rings. The number of fused-ring (bicyclic) bond motifs is 2. The van der Waals surface area contributed by atoms with E-state index in [0.29, 0.717) is 11.1 Å². The molecule has 2 aliphatic rings. The van der Waals surface area contributed by atoms with Crippen molar-refractivity contribution < 1.29 is 33.4 Å². The van der Waals surface area contributed by atoms with Gasteiger partial charge in [-0.05, 0) is 35.4 Å². The van der Waals surface area contributed by atoms with E-state index in [1.165, 1.54) is 24.3 Å². The fraction of sp³-hybridized carbons (Fsp3) is 0.105. The Morgan fingerprint density at radius 3 is 1.46 bits per heavy atom. The smallest absolute Gasteiger partial charge is 0.346 e. The maximum atomic E-state index is 12.0. The average molecular weight is 380 g/mol. The zero-order valence-electron chi connectivity index (χ0n) is 14.2. The van der Waals surface area contributed by atoms with E-state index >= 15 is 0 Å². The van der Waals surface area contributed by atoms with Crippen LogP contribution in [0, 0.1) is 0 Å². The predicted molar refractivity (Wildman–Crippen MR) is 91.5 cm³/mol. The average Bonchev–Trinajstić information content (AvgIpc) is 3.13. The second kappa shape index (κ2) is 6.62. The van der Waals surface area contributed by atoms with Gasteiger partial charge in [-0.1, -0.05) is 12.1 Å². The van der Waals surface area contributed by atoms with Crippen molar-refractivity contribution >= 4 is 29.9 Å². The number of nitrogens with one attached hydrogen (secondary N) is 2. The molecule has 2 aliphatic heterocycles. The number of benzene rings is 2. The number of carbonyl (C=O) groups excluding carboxylic acids is 5. The lowest BCUT2D eigenvalue weighted by Crippen LogP contribution is -2.34. The molecule has 0 fully saturated rings. The summed E-state index contributed by atoms with van der Waals surface area (Å²) >= 11 is 0. The van der Waals surface area contributed by atoms with Crippen LogP contribution in [-0.4, -0.2) is 29.9 Å². The van der Waals surface area contributed by atoms with E-state index < -0.39 is 29.9 Å². The van der Waals surface area contributed by atoms with Gasteiger partial charge in [-0.15, -0.1) is 0 Å². The third kappa shape index (κ3) is 3.09. The Balaban J connectivity index is 1.34. The van der Waals surface area contributed by atoms with Crippen LogP contribution >= 0.6 is 0 Å². The van der Waals surface area contributed by atoms with Gasteiger partial charge in [0.2, 0.25) is 0 Å². The lowest BCUT2D eigenvalue weighted by molar-refractivity contribution is 0.0425. The summed E-state index contributed by atoms with van der Waals surface area (Å²) in [6.45, 7) is 0.261. The normalized spacial score (nSPS) is 14.3. The third-order valence-electron chi connectivity index (χ3n) is 4.32. The molecule has 0 saturated carbocycles. The van der Waals surface area contributed by atoms with Crippen LogP contribution in [0.2, 0.25) is 0 Å². The largest absolute Gasteiger partial charge is 0.386 e. The molecular weight excluding hydrogens is 368 g/mol. The molecule has 140 valence electrons. The van der Waals surface area contributed by atoms with Gasteiger partial charge in [0.25, 0.3) is 0 Å². The summed E-state index contributed by atoms with van der Waals surface area (Å²) in [6, 6.07) is 8.69. The minimum Gasteiger partial charge on any atom is -0.386 e. The maximum absolute atomic E-state index is 12.0. The van der Waals surface area contributed by atoms with Crippen LogP contribution in [0.25, 0.3) is 0 Å². The minimum atomic E-state index is -0.708. The Labute approximate surface area is 157 Å². The van der Waals surface area contributed by atoms with Crippen LogP contribution < -0.4 is 10.6 Å². The van der Waals surface area contributed by atoms with Gasteiger partial charge in [0, 0.05) is 13.1 Å². The van der Waals surface area contributed by atoms with Gasteiger partial charge < -0.3 is 20.1 Å². The topological polar surface area (TPSA) is 128 Å². The molecule has 9 nitrogen and oxygen atoms in total. The van der Waals surface area contributed by atoms with Crippen molar-refractivity contribution in [3.8, 4) is 0 Å². The predicted octanol–water partition coefficient (Wildman–Crippen LogP) is 1.31. The molecule has 0 saturated heterocycles. The standard InChI is InChI=1S/C19H12N2O7/c22-15-11-3-1-9(5-13(11)17(24)27-15)7-20-19(26)21-8-10-2-4-12-14(6-10)18(25)28-16(12)23/h1-6H,7-8H2,(H2,20,21,26). The van der Waals surface area contributed by atoms with Crippen LogP contribution in [0.1, 0.15) is 52.6 Å². The van der Waals surface area contributed by atoms with Gasteiger partial charge in [0.15, 0.2) is 0 Å². The zero-order chi connectivity index (χ0) is 19.8. The lowest BCUT2D eigenvalue weighted by atomic mass is 10.1. The van der Waals surface area contributed by atoms with E-state index in [4.69, 9.17) is 0 Å². The number of hydrogen-bond donors (Lipinski definition) is 2.